The van der Waals surface area contributed by atoms with Crippen LogP contribution in [-0.2, 0) is 19.1 Å². The number of amides is 2. The highest BCUT2D eigenvalue weighted by molar-refractivity contribution is 5.90. The molecule has 4 bridgehead atoms. The van der Waals surface area contributed by atoms with Crippen LogP contribution in [0.1, 0.15) is 65.2 Å². The van der Waals surface area contributed by atoms with E-state index >= 15 is 0 Å². The lowest BCUT2D eigenvalue weighted by molar-refractivity contribution is -0.166. The van der Waals surface area contributed by atoms with Crippen LogP contribution >= 0.6 is 0 Å². The van der Waals surface area contributed by atoms with Gasteiger partial charge in [0.1, 0.15) is 6.04 Å². The fraction of sp³-hybridized carbons (Fsp3) is 0.792. The molecule has 0 aromatic carbocycles. The van der Waals surface area contributed by atoms with E-state index in [0.717, 1.165) is 31.3 Å². The normalized spacial score (nSPS) is 34.1. The molecule has 30 heavy (non-hydrogen) atoms. The van der Waals surface area contributed by atoms with Gasteiger partial charge in [-0.3, -0.25) is 9.59 Å². The molecule has 1 unspecified atom stereocenters. The van der Waals surface area contributed by atoms with Crippen LogP contribution in [0.4, 0.5) is 0 Å². The Bertz CT molecular complexity index is 695. The number of hydrogen-bond donors (Lipinski definition) is 0. The van der Waals surface area contributed by atoms with E-state index in [-0.39, 0.29) is 23.8 Å². The van der Waals surface area contributed by atoms with Gasteiger partial charge in [0.15, 0.2) is 6.61 Å². The van der Waals surface area contributed by atoms with Crippen LogP contribution in [0.3, 0.4) is 0 Å². The van der Waals surface area contributed by atoms with E-state index in [1.54, 1.807) is 9.80 Å². The minimum absolute atomic E-state index is 0.185. The summed E-state index contributed by atoms with van der Waals surface area (Å²) in [5.74, 6) is 1.62. The van der Waals surface area contributed by atoms with E-state index in [1.807, 2.05) is 13.8 Å². The Morgan fingerprint density at radius 1 is 1.10 bits per heavy atom. The van der Waals surface area contributed by atoms with Crippen molar-refractivity contribution in [3.8, 4) is 0 Å². The van der Waals surface area contributed by atoms with Gasteiger partial charge in [-0.2, -0.15) is 0 Å². The molecule has 0 N–H and O–H groups in total. The average Bonchev–Trinajstić information content (AvgIpc) is 3.18. The highest BCUT2D eigenvalue weighted by atomic mass is 16.5. The molecule has 0 radical (unpaired) electrons. The maximum absolute atomic E-state index is 13.7. The summed E-state index contributed by atoms with van der Waals surface area (Å²) in [6.45, 7) is 8.98. The second-order valence-electron chi connectivity index (χ2n) is 10.3. The van der Waals surface area contributed by atoms with Crippen molar-refractivity contribution in [2.75, 3.05) is 26.2 Å². The van der Waals surface area contributed by atoms with Gasteiger partial charge < -0.3 is 14.5 Å². The third kappa shape index (κ3) is 4.02. The molecule has 6 heteroatoms. The molecule has 1 saturated heterocycles. The molecular weight excluding hydrogens is 380 g/mol. The van der Waals surface area contributed by atoms with Crippen molar-refractivity contribution in [1.82, 2.24) is 9.80 Å². The van der Waals surface area contributed by atoms with Crippen molar-refractivity contribution in [3.05, 3.63) is 12.2 Å². The molecule has 0 aromatic rings. The first-order valence-electron chi connectivity index (χ1n) is 11.7. The van der Waals surface area contributed by atoms with Crippen LogP contribution in [-0.4, -0.2) is 59.9 Å². The van der Waals surface area contributed by atoms with Gasteiger partial charge in [0.05, 0.1) is 5.41 Å². The van der Waals surface area contributed by atoms with Gasteiger partial charge in [0, 0.05) is 19.6 Å². The van der Waals surface area contributed by atoms with Crippen LogP contribution in [0.15, 0.2) is 12.2 Å². The van der Waals surface area contributed by atoms with Gasteiger partial charge >= 0.3 is 5.97 Å². The van der Waals surface area contributed by atoms with E-state index in [9.17, 15) is 14.4 Å². The Hall–Kier alpha value is -1.85. The molecule has 1 atom stereocenters. The number of likely N-dealkylation sites (tertiary alicyclic amines) is 1. The molecule has 0 aromatic heterocycles. The monoisotopic (exact) mass is 416 g/mol. The number of likely N-dealkylation sites (N-methyl/N-ethyl adjacent to an activating group) is 1. The maximum atomic E-state index is 13.7. The second kappa shape index (κ2) is 8.35. The zero-order chi connectivity index (χ0) is 21.5. The zero-order valence-corrected chi connectivity index (χ0v) is 18.5. The van der Waals surface area contributed by atoms with Crippen molar-refractivity contribution < 1.29 is 19.1 Å². The summed E-state index contributed by atoms with van der Waals surface area (Å²) in [4.78, 5) is 42.3. The largest absolute Gasteiger partial charge is 0.454 e. The minimum atomic E-state index is -0.533. The Labute approximate surface area is 180 Å². The minimum Gasteiger partial charge on any atom is -0.454 e. The van der Waals surface area contributed by atoms with Crippen LogP contribution in [0.2, 0.25) is 0 Å². The Balaban J connectivity index is 1.37. The van der Waals surface area contributed by atoms with E-state index in [1.165, 1.54) is 19.3 Å². The number of rotatable bonds is 7. The van der Waals surface area contributed by atoms with Crippen molar-refractivity contribution in [1.29, 1.82) is 0 Å². The quantitative estimate of drug-likeness (QED) is 0.472. The predicted octanol–water partition coefficient (Wildman–Crippen LogP) is 3.16. The number of carbonyl (C=O) groups excluding carboxylic acids is 3. The Morgan fingerprint density at radius 2 is 1.70 bits per heavy atom. The van der Waals surface area contributed by atoms with Crippen LogP contribution in [0.5, 0.6) is 0 Å². The summed E-state index contributed by atoms with van der Waals surface area (Å²) in [5, 5.41) is 0. The third-order valence-electron chi connectivity index (χ3n) is 7.81. The average molecular weight is 417 g/mol. The molecule has 4 saturated carbocycles. The fourth-order valence-corrected chi connectivity index (χ4v) is 6.95. The highest BCUT2D eigenvalue weighted by Gasteiger charge is 2.57. The number of ether oxygens (including phenoxy) is 1. The van der Waals surface area contributed by atoms with Crippen LogP contribution in [0, 0.1) is 23.2 Å². The molecule has 1 aliphatic heterocycles. The topological polar surface area (TPSA) is 66.9 Å². The van der Waals surface area contributed by atoms with Crippen LogP contribution < -0.4 is 0 Å². The first kappa shape index (κ1) is 21.4. The van der Waals surface area contributed by atoms with E-state index in [0.29, 0.717) is 43.8 Å². The van der Waals surface area contributed by atoms with Gasteiger partial charge in [-0.25, -0.2) is 4.79 Å². The Kier molecular flexibility index (Phi) is 5.95. The summed E-state index contributed by atoms with van der Waals surface area (Å²) in [6, 6.07) is -0.533. The zero-order valence-electron chi connectivity index (χ0n) is 18.5. The van der Waals surface area contributed by atoms with E-state index < -0.39 is 12.0 Å². The van der Waals surface area contributed by atoms with Crippen LogP contribution in [0.25, 0.3) is 0 Å². The van der Waals surface area contributed by atoms with Gasteiger partial charge in [-0.05, 0) is 83.0 Å². The third-order valence-corrected chi connectivity index (χ3v) is 7.81. The summed E-state index contributed by atoms with van der Waals surface area (Å²) < 4.78 is 5.40. The van der Waals surface area contributed by atoms with Gasteiger partial charge in [-0.15, -0.1) is 0 Å². The SMILES string of the molecule is C=C(C)CN(CC)C(=O)COC(=O)C1CCCN1C(=O)C12CC3CC(CC(C3)C1)C2. The smallest absolute Gasteiger partial charge is 0.329 e. The van der Waals surface area contributed by atoms with E-state index in [4.69, 9.17) is 4.74 Å². The van der Waals surface area contributed by atoms with Crippen molar-refractivity contribution in [2.45, 2.75) is 71.3 Å². The predicted molar refractivity (Wildman–Crippen MR) is 113 cm³/mol. The molecule has 0 spiro atoms. The first-order chi connectivity index (χ1) is 14.3. The van der Waals surface area contributed by atoms with Gasteiger partial charge in [-0.1, -0.05) is 12.2 Å². The lowest BCUT2D eigenvalue weighted by Crippen LogP contribution is -2.56. The number of carbonyl (C=O) groups is 3. The second-order valence-corrected chi connectivity index (χ2v) is 10.3. The maximum Gasteiger partial charge on any atom is 0.329 e. The Morgan fingerprint density at radius 3 is 2.23 bits per heavy atom. The molecular formula is C24H36N2O4. The van der Waals surface area contributed by atoms with E-state index in [2.05, 4.69) is 6.58 Å². The molecule has 5 fully saturated rings. The molecule has 5 aliphatic rings. The molecule has 2 amide bonds. The molecule has 6 nitrogen and oxygen atoms in total. The molecule has 1 heterocycles. The lowest BCUT2D eigenvalue weighted by Gasteiger charge is -2.56. The lowest BCUT2D eigenvalue weighted by atomic mass is 9.49. The fourth-order valence-electron chi connectivity index (χ4n) is 6.95. The first-order valence-corrected chi connectivity index (χ1v) is 11.7. The van der Waals surface area contributed by atoms with Gasteiger partial charge in [0.25, 0.3) is 5.91 Å². The summed E-state index contributed by atoms with van der Waals surface area (Å²) >= 11 is 0. The number of hydrogen-bond acceptors (Lipinski definition) is 4. The summed E-state index contributed by atoms with van der Waals surface area (Å²) in [5.41, 5.74) is 0.646. The molecule has 166 valence electrons. The number of nitrogens with zero attached hydrogens (tertiary/aromatic N) is 2. The summed E-state index contributed by atoms with van der Waals surface area (Å²) in [6.07, 6.45) is 8.33. The molecule has 4 aliphatic carbocycles. The highest BCUT2D eigenvalue weighted by Crippen LogP contribution is 2.60. The van der Waals surface area contributed by atoms with Crippen molar-refractivity contribution in [3.63, 3.8) is 0 Å². The van der Waals surface area contributed by atoms with Gasteiger partial charge in [0.2, 0.25) is 5.91 Å². The van der Waals surface area contributed by atoms with Crippen molar-refractivity contribution >= 4 is 17.8 Å². The molecule has 5 rings (SSSR count). The summed E-state index contributed by atoms with van der Waals surface area (Å²) in [7, 11) is 0. The number of esters is 1. The van der Waals surface area contributed by atoms with Crippen molar-refractivity contribution in [2.24, 2.45) is 23.2 Å². The standard InChI is InChI=1S/C24H36N2O4/c1-4-25(14-16(2)3)21(27)15-30-22(28)20-6-5-7-26(20)23(29)24-11-17-8-18(12-24)10-19(9-17)13-24/h17-20H,2,4-15H2,1,3H3.